The Hall–Kier alpha value is -0.160. The van der Waals surface area contributed by atoms with Gasteiger partial charge < -0.3 is 15.2 Å². The summed E-state index contributed by atoms with van der Waals surface area (Å²) in [7, 11) is 1.69. The zero-order chi connectivity index (χ0) is 12.7. The number of methoxy groups -OCH3 is 1. The van der Waals surface area contributed by atoms with E-state index in [4.69, 9.17) is 4.74 Å². The normalized spacial score (nSPS) is 28.2. The summed E-state index contributed by atoms with van der Waals surface area (Å²) >= 11 is 0. The topological polar surface area (TPSA) is 44.7 Å². The maximum atomic E-state index is 9.96. The smallest absolute Gasteiger partial charge is 0.0791 e. The van der Waals surface area contributed by atoms with Crippen molar-refractivity contribution in [1.82, 2.24) is 10.2 Å². The molecule has 0 bridgehead atoms. The number of hydrogen-bond acceptors (Lipinski definition) is 4. The quantitative estimate of drug-likeness (QED) is 0.647. The summed E-state index contributed by atoms with van der Waals surface area (Å²) in [5.74, 6) is 0.764. The molecule has 0 saturated carbocycles. The summed E-state index contributed by atoms with van der Waals surface area (Å²) in [6.45, 7) is 8.62. The van der Waals surface area contributed by atoms with E-state index in [0.29, 0.717) is 19.2 Å². The number of nitrogens with zero attached hydrogens (tertiary/aromatic N) is 1. The van der Waals surface area contributed by atoms with E-state index in [-0.39, 0.29) is 6.10 Å². The Morgan fingerprint density at radius 3 is 2.88 bits per heavy atom. The van der Waals surface area contributed by atoms with Crippen LogP contribution in [0.3, 0.4) is 0 Å². The molecule has 1 aliphatic heterocycles. The van der Waals surface area contributed by atoms with Gasteiger partial charge >= 0.3 is 0 Å². The fourth-order valence-electron chi connectivity index (χ4n) is 2.41. The lowest BCUT2D eigenvalue weighted by atomic mass is 9.95. The first kappa shape index (κ1) is 14.9. The molecular formula is C13H28N2O2. The largest absolute Gasteiger partial charge is 0.390 e. The monoisotopic (exact) mass is 244 g/mol. The molecule has 0 aliphatic carbocycles. The molecule has 3 unspecified atom stereocenters. The zero-order valence-electron chi connectivity index (χ0n) is 11.5. The molecular weight excluding hydrogens is 216 g/mol. The minimum atomic E-state index is -0.278. The zero-order valence-corrected chi connectivity index (χ0v) is 11.5. The molecule has 102 valence electrons. The molecule has 1 aliphatic rings. The van der Waals surface area contributed by atoms with E-state index < -0.39 is 0 Å². The number of ether oxygens (including phenoxy) is 1. The van der Waals surface area contributed by atoms with Crippen molar-refractivity contribution in [1.29, 1.82) is 0 Å². The lowest BCUT2D eigenvalue weighted by Crippen LogP contribution is -2.47. The predicted molar refractivity (Wildman–Crippen MR) is 70.2 cm³/mol. The molecule has 0 spiro atoms. The molecule has 4 heteroatoms. The molecule has 4 nitrogen and oxygen atoms in total. The third-order valence-electron chi connectivity index (χ3n) is 3.55. The van der Waals surface area contributed by atoms with Gasteiger partial charge in [0.2, 0.25) is 0 Å². The number of hydrogen-bond donors (Lipinski definition) is 2. The van der Waals surface area contributed by atoms with Gasteiger partial charge in [-0.25, -0.2) is 0 Å². The number of likely N-dealkylation sites (tertiary alicyclic amines) is 1. The first-order valence-corrected chi connectivity index (χ1v) is 6.75. The third kappa shape index (κ3) is 5.82. The maximum Gasteiger partial charge on any atom is 0.0791 e. The fourth-order valence-corrected chi connectivity index (χ4v) is 2.41. The summed E-state index contributed by atoms with van der Waals surface area (Å²) in [5.41, 5.74) is 0. The molecule has 1 fully saturated rings. The van der Waals surface area contributed by atoms with Gasteiger partial charge in [-0.15, -0.1) is 0 Å². The van der Waals surface area contributed by atoms with Crippen LogP contribution in [0.1, 0.15) is 26.7 Å². The molecule has 0 aromatic rings. The van der Waals surface area contributed by atoms with Gasteiger partial charge in [-0.2, -0.15) is 0 Å². The van der Waals surface area contributed by atoms with Gasteiger partial charge in [-0.3, -0.25) is 4.90 Å². The minimum Gasteiger partial charge on any atom is -0.390 e. The molecule has 0 amide bonds. The van der Waals surface area contributed by atoms with Crippen molar-refractivity contribution >= 4 is 0 Å². The molecule has 0 aromatic heterocycles. The standard InChI is InChI=1S/C13H28N2O2/c1-11-4-5-12(2)15(9-11)10-13(16)8-14-6-7-17-3/h11-14,16H,4-10H2,1-3H3. The number of rotatable bonds is 7. The Labute approximate surface area is 105 Å². The van der Waals surface area contributed by atoms with Gasteiger partial charge in [-0.05, 0) is 25.7 Å². The van der Waals surface area contributed by atoms with Crippen molar-refractivity contribution < 1.29 is 9.84 Å². The highest BCUT2D eigenvalue weighted by atomic mass is 16.5. The van der Waals surface area contributed by atoms with Gasteiger partial charge in [-0.1, -0.05) is 6.92 Å². The highest BCUT2D eigenvalue weighted by Crippen LogP contribution is 2.21. The van der Waals surface area contributed by atoms with Crippen molar-refractivity contribution in [3.8, 4) is 0 Å². The average Bonchev–Trinajstić information content (AvgIpc) is 2.29. The van der Waals surface area contributed by atoms with Crippen molar-refractivity contribution in [2.75, 3.05) is 39.9 Å². The average molecular weight is 244 g/mol. The number of aliphatic hydroxyl groups is 1. The van der Waals surface area contributed by atoms with E-state index in [1.807, 2.05) is 0 Å². The lowest BCUT2D eigenvalue weighted by Gasteiger charge is -2.37. The number of aliphatic hydroxyl groups excluding tert-OH is 1. The van der Waals surface area contributed by atoms with Crippen LogP contribution in [0.4, 0.5) is 0 Å². The second kappa shape index (κ2) is 8.03. The summed E-state index contributed by atoms with van der Waals surface area (Å²) in [6.07, 6.45) is 2.30. The van der Waals surface area contributed by atoms with Crippen LogP contribution in [-0.2, 0) is 4.74 Å². The van der Waals surface area contributed by atoms with Gasteiger partial charge in [0.25, 0.3) is 0 Å². The summed E-state index contributed by atoms with van der Waals surface area (Å²) in [6, 6.07) is 0.611. The Morgan fingerprint density at radius 1 is 1.41 bits per heavy atom. The Morgan fingerprint density at radius 2 is 2.18 bits per heavy atom. The third-order valence-corrected chi connectivity index (χ3v) is 3.55. The predicted octanol–water partition coefficient (Wildman–Crippen LogP) is 0.704. The Balaban J connectivity index is 2.17. The van der Waals surface area contributed by atoms with E-state index in [1.165, 1.54) is 12.8 Å². The Kier molecular flexibility index (Phi) is 7.04. The molecule has 1 saturated heterocycles. The maximum absolute atomic E-state index is 9.96. The van der Waals surface area contributed by atoms with E-state index in [2.05, 4.69) is 24.1 Å². The van der Waals surface area contributed by atoms with Gasteiger partial charge in [0, 0.05) is 39.3 Å². The highest BCUT2D eigenvalue weighted by molar-refractivity contribution is 4.79. The molecule has 1 rings (SSSR count). The molecule has 0 aromatic carbocycles. The number of β-amino-alcohol motifs (C(OH)–C–C–N with tert-alkyl or cyclic N) is 1. The van der Waals surface area contributed by atoms with E-state index in [1.54, 1.807) is 7.11 Å². The van der Waals surface area contributed by atoms with Crippen LogP contribution in [0.2, 0.25) is 0 Å². The summed E-state index contributed by atoms with van der Waals surface area (Å²) in [5, 5.41) is 13.2. The number of piperidine rings is 1. The van der Waals surface area contributed by atoms with E-state index in [0.717, 1.165) is 25.6 Å². The lowest BCUT2D eigenvalue weighted by molar-refractivity contribution is 0.0563. The van der Waals surface area contributed by atoms with Gasteiger partial charge in [0.1, 0.15) is 0 Å². The summed E-state index contributed by atoms with van der Waals surface area (Å²) < 4.78 is 4.95. The molecule has 17 heavy (non-hydrogen) atoms. The van der Waals surface area contributed by atoms with Crippen molar-refractivity contribution in [2.24, 2.45) is 5.92 Å². The van der Waals surface area contributed by atoms with E-state index in [9.17, 15) is 5.11 Å². The van der Waals surface area contributed by atoms with Crippen LogP contribution in [0, 0.1) is 5.92 Å². The van der Waals surface area contributed by atoms with Crippen LogP contribution in [0.25, 0.3) is 0 Å². The SMILES string of the molecule is COCCNCC(O)CN1CC(C)CCC1C. The molecule has 0 radical (unpaired) electrons. The second-order valence-corrected chi connectivity index (χ2v) is 5.34. The van der Waals surface area contributed by atoms with Gasteiger partial charge in [0.15, 0.2) is 0 Å². The van der Waals surface area contributed by atoms with Crippen molar-refractivity contribution in [2.45, 2.75) is 38.8 Å². The first-order chi connectivity index (χ1) is 8.13. The number of nitrogens with one attached hydrogen (secondary N) is 1. The summed E-state index contributed by atoms with van der Waals surface area (Å²) in [4.78, 5) is 2.41. The van der Waals surface area contributed by atoms with Gasteiger partial charge in [0.05, 0.1) is 12.7 Å². The highest BCUT2D eigenvalue weighted by Gasteiger charge is 2.24. The fraction of sp³-hybridized carbons (Fsp3) is 1.00. The molecule has 2 N–H and O–H groups in total. The van der Waals surface area contributed by atoms with Crippen LogP contribution in [0.5, 0.6) is 0 Å². The van der Waals surface area contributed by atoms with Crippen molar-refractivity contribution in [3.05, 3.63) is 0 Å². The second-order valence-electron chi connectivity index (χ2n) is 5.34. The van der Waals surface area contributed by atoms with Crippen molar-refractivity contribution in [3.63, 3.8) is 0 Å². The van der Waals surface area contributed by atoms with Crippen LogP contribution >= 0.6 is 0 Å². The minimum absolute atomic E-state index is 0.278. The first-order valence-electron chi connectivity index (χ1n) is 6.75. The molecule has 1 heterocycles. The van der Waals surface area contributed by atoms with E-state index >= 15 is 0 Å². The van der Waals surface area contributed by atoms with Crippen LogP contribution in [-0.4, -0.2) is 62.0 Å². The Bertz CT molecular complexity index is 202. The van der Waals surface area contributed by atoms with Crippen LogP contribution < -0.4 is 5.32 Å². The molecule has 3 atom stereocenters. The van der Waals surface area contributed by atoms with Crippen LogP contribution in [0.15, 0.2) is 0 Å².